The van der Waals surface area contributed by atoms with E-state index < -0.39 is 0 Å². The van der Waals surface area contributed by atoms with Gasteiger partial charge in [-0.05, 0) is 12.2 Å². The predicted molar refractivity (Wildman–Crippen MR) is 64.2 cm³/mol. The molecule has 0 aromatic carbocycles. The Morgan fingerprint density at radius 3 is 3.19 bits per heavy atom. The molecular weight excluding hydrogens is 222 g/mol. The largest absolute Gasteiger partial charge is 0.329 e. The minimum atomic E-state index is 0.210. The summed E-state index contributed by atoms with van der Waals surface area (Å²) in [6.45, 7) is 3.73. The first-order chi connectivity index (χ1) is 7.84. The molecule has 3 rings (SSSR count). The standard InChI is InChI=1S/C10H17N5S/c11-6-10(1-4-16-7-10)15-3-2-14-8-12-13-9(14)5-15/h8H,1-7,11H2. The molecule has 0 radical (unpaired) electrons. The Hall–Kier alpha value is -0.590. The van der Waals surface area contributed by atoms with Gasteiger partial charge < -0.3 is 10.3 Å². The molecular formula is C10H17N5S. The van der Waals surface area contributed by atoms with Crippen LogP contribution in [0.25, 0.3) is 0 Å². The molecule has 88 valence electrons. The van der Waals surface area contributed by atoms with E-state index in [0.717, 1.165) is 37.8 Å². The second kappa shape index (κ2) is 4.01. The summed E-state index contributed by atoms with van der Waals surface area (Å²) in [5.74, 6) is 3.48. The van der Waals surface area contributed by atoms with Crippen molar-refractivity contribution in [2.24, 2.45) is 5.73 Å². The number of nitrogens with two attached hydrogens (primary N) is 1. The Labute approximate surface area is 99.4 Å². The summed E-state index contributed by atoms with van der Waals surface area (Å²) in [5.41, 5.74) is 6.21. The Morgan fingerprint density at radius 1 is 1.50 bits per heavy atom. The summed E-state index contributed by atoms with van der Waals surface area (Å²) in [4.78, 5) is 2.51. The lowest BCUT2D eigenvalue weighted by molar-refractivity contribution is 0.0830. The van der Waals surface area contributed by atoms with Gasteiger partial charge in [0.25, 0.3) is 0 Å². The highest BCUT2D eigenvalue weighted by molar-refractivity contribution is 7.99. The van der Waals surface area contributed by atoms with Crippen molar-refractivity contribution >= 4 is 11.8 Å². The third kappa shape index (κ3) is 1.56. The average Bonchev–Trinajstić information content (AvgIpc) is 2.97. The lowest BCUT2D eigenvalue weighted by Gasteiger charge is -2.41. The van der Waals surface area contributed by atoms with E-state index in [1.807, 2.05) is 18.1 Å². The van der Waals surface area contributed by atoms with Crippen LogP contribution in [0.1, 0.15) is 12.2 Å². The first kappa shape index (κ1) is 10.6. The van der Waals surface area contributed by atoms with Gasteiger partial charge in [0.05, 0.1) is 6.54 Å². The van der Waals surface area contributed by atoms with Crippen LogP contribution in [0.5, 0.6) is 0 Å². The summed E-state index contributed by atoms with van der Waals surface area (Å²) in [5, 5.41) is 8.13. The van der Waals surface area contributed by atoms with Crippen LogP contribution >= 0.6 is 11.8 Å². The van der Waals surface area contributed by atoms with Crippen LogP contribution in [-0.2, 0) is 13.1 Å². The molecule has 1 atom stereocenters. The molecule has 1 fully saturated rings. The van der Waals surface area contributed by atoms with Crippen LogP contribution in [0, 0.1) is 0 Å². The third-order valence-corrected chi connectivity index (χ3v) is 5.01. The molecule has 2 N–H and O–H groups in total. The van der Waals surface area contributed by atoms with Crippen LogP contribution in [0.2, 0.25) is 0 Å². The Balaban J connectivity index is 1.82. The zero-order valence-corrected chi connectivity index (χ0v) is 10.1. The van der Waals surface area contributed by atoms with Crippen molar-refractivity contribution in [1.82, 2.24) is 19.7 Å². The third-order valence-electron chi connectivity index (χ3n) is 3.77. The lowest BCUT2D eigenvalue weighted by Crippen LogP contribution is -2.56. The minimum Gasteiger partial charge on any atom is -0.329 e. The number of fused-ring (bicyclic) bond motifs is 1. The Kier molecular flexibility index (Phi) is 2.65. The summed E-state index contributed by atoms with van der Waals surface area (Å²) in [6.07, 6.45) is 3.04. The molecule has 16 heavy (non-hydrogen) atoms. The van der Waals surface area contributed by atoms with Gasteiger partial charge in [-0.25, -0.2) is 0 Å². The highest BCUT2D eigenvalue weighted by atomic mass is 32.2. The molecule has 2 aliphatic rings. The fourth-order valence-electron chi connectivity index (χ4n) is 2.61. The number of rotatable bonds is 2. The monoisotopic (exact) mass is 239 g/mol. The molecule has 0 spiro atoms. The molecule has 0 amide bonds. The molecule has 1 unspecified atom stereocenters. The quantitative estimate of drug-likeness (QED) is 0.783. The van der Waals surface area contributed by atoms with E-state index in [1.165, 1.54) is 12.2 Å². The zero-order valence-electron chi connectivity index (χ0n) is 9.30. The van der Waals surface area contributed by atoms with Crippen LogP contribution in [0.3, 0.4) is 0 Å². The molecule has 0 saturated carbocycles. The fraction of sp³-hybridized carbons (Fsp3) is 0.800. The molecule has 1 aromatic heterocycles. The highest BCUT2D eigenvalue weighted by Gasteiger charge is 2.40. The van der Waals surface area contributed by atoms with E-state index in [-0.39, 0.29) is 5.54 Å². The maximum atomic E-state index is 6.00. The SMILES string of the molecule is NCC1(N2CCn3cnnc3C2)CCSC1. The Bertz CT molecular complexity index is 371. The highest BCUT2D eigenvalue weighted by Crippen LogP contribution is 2.34. The van der Waals surface area contributed by atoms with Gasteiger partial charge in [-0.15, -0.1) is 10.2 Å². The van der Waals surface area contributed by atoms with E-state index in [4.69, 9.17) is 5.73 Å². The number of hydrogen-bond acceptors (Lipinski definition) is 5. The van der Waals surface area contributed by atoms with Crippen molar-refractivity contribution in [3.63, 3.8) is 0 Å². The summed E-state index contributed by atoms with van der Waals surface area (Å²) < 4.78 is 2.14. The van der Waals surface area contributed by atoms with E-state index in [0.29, 0.717) is 0 Å². The molecule has 1 saturated heterocycles. The normalized spacial score (nSPS) is 30.6. The smallest absolute Gasteiger partial charge is 0.147 e. The van der Waals surface area contributed by atoms with Gasteiger partial charge >= 0.3 is 0 Å². The van der Waals surface area contributed by atoms with Gasteiger partial charge in [-0.2, -0.15) is 11.8 Å². The van der Waals surface area contributed by atoms with Gasteiger partial charge in [-0.1, -0.05) is 0 Å². The van der Waals surface area contributed by atoms with Crippen molar-refractivity contribution in [1.29, 1.82) is 0 Å². The number of aromatic nitrogens is 3. The predicted octanol–water partition coefficient (Wildman–Crippen LogP) is -0.0719. The molecule has 5 nitrogen and oxygen atoms in total. The topological polar surface area (TPSA) is 60.0 Å². The number of hydrogen-bond donors (Lipinski definition) is 1. The molecule has 0 bridgehead atoms. The maximum Gasteiger partial charge on any atom is 0.147 e. The van der Waals surface area contributed by atoms with Crippen LogP contribution in [0.4, 0.5) is 0 Å². The average molecular weight is 239 g/mol. The van der Waals surface area contributed by atoms with Gasteiger partial charge in [0.2, 0.25) is 0 Å². The second-order valence-corrected chi connectivity index (χ2v) is 5.70. The van der Waals surface area contributed by atoms with E-state index in [1.54, 1.807) is 0 Å². The van der Waals surface area contributed by atoms with Gasteiger partial charge in [0, 0.05) is 30.9 Å². The van der Waals surface area contributed by atoms with Crippen molar-refractivity contribution in [2.75, 3.05) is 24.6 Å². The molecule has 1 aromatic rings. The van der Waals surface area contributed by atoms with Crippen LogP contribution in [0.15, 0.2) is 6.33 Å². The van der Waals surface area contributed by atoms with Crippen molar-refractivity contribution in [3.05, 3.63) is 12.2 Å². The Morgan fingerprint density at radius 2 is 2.44 bits per heavy atom. The lowest BCUT2D eigenvalue weighted by atomic mass is 9.96. The number of nitrogens with zero attached hydrogens (tertiary/aromatic N) is 4. The molecule has 2 aliphatic heterocycles. The summed E-state index contributed by atoms with van der Waals surface area (Å²) in [6, 6.07) is 0. The zero-order chi connectivity index (χ0) is 11.0. The molecule has 6 heteroatoms. The van der Waals surface area contributed by atoms with Gasteiger partial charge in [0.15, 0.2) is 0 Å². The summed E-state index contributed by atoms with van der Waals surface area (Å²) >= 11 is 2.02. The summed E-state index contributed by atoms with van der Waals surface area (Å²) in [7, 11) is 0. The van der Waals surface area contributed by atoms with Gasteiger partial charge in [0.1, 0.15) is 12.2 Å². The van der Waals surface area contributed by atoms with Crippen molar-refractivity contribution in [2.45, 2.75) is 25.0 Å². The molecule has 0 aliphatic carbocycles. The maximum absolute atomic E-state index is 6.00. The van der Waals surface area contributed by atoms with E-state index in [9.17, 15) is 0 Å². The van der Waals surface area contributed by atoms with E-state index in [2.05, 4.69) is 19.7 Å². The fourth-order valence-corrected chi connectivity index (χ4v) is 4.10. The van der Waals surface area contributed by atoms with Crippen LogP contribution in [-0.4, -0.2) is 49.8 Å². The second-order valence-electron chi connectivity index (χ2n) is 4.59. The van der Waals surface area contributed by atoms with Gasteiger partial charge in [-0.3, -0.25) is 4.90 Å². The van der Waals surface area contributed by atoms with Crippen molar-refractivity contribution < 1.29 is 0 Å². The first-order valence-electron chi connectivity index (χ1n) is 5.74. The van der Waals surface area contributed by atoms with Crippen molar-refractivity contribution in [3.8, 4) is 0 Å². The molecule has 3 heterocycles. The van der Waals surface area contributed by atoms with Crippen LogP contribution < -0.4 is 5.73 Å². The number of thioether (sulfide) groups is 1. The van der Waals surface area contributed by atoms with E-state index >= 15 is 0 Å². The minimum absolute atomic E-state index is 0.210. The first-order valence-corrected chi connectivity index (χ1v) is 6.89.